The van der Waals surface area contributed by atoms with Crippen LogP contribution in [0.1, 0.15) is 45.4 Å². The van der Waals surface area contributed by atoms with E-state index in [1.165, 1.54) is 32.1 Å². The van der Waals surface area contributed by atoms with Crippen molar-refractivity contribution in [1.29, 1.82) is 0 Å². The monoisotopic (exact) mass is 192 g/mol. The van der Waals surface area contributed by atoms with E-state index in [2.05, 4.69) is 6.92 Å². The molecule has 0 fully saturated rings. The van der Waals surface area contributed by atoms with Gasteiger partial charge in [0.05, 0.1) is 6.61 Å². The molecule has 0 bridgehead atoms. The first-order valence-electron chi connectivity index (χ1n) is 4.74. The summed E-state index contributed by atoms with van der Waals surface area (Å²) < 4.78 is 15.4. The molecule has 0 aliphatic rings. The first-order valence-corrected chi connectivity index (χ1v) is 6.22. The molecule has 0 heterocycles. The fraction of sp³-hybridized carbons (Fsp3) is 1.00. The lowest BCUT2D eigenvalue weighted by Gasteiger charge is -1.99. The molecule has 0 rings (SSSR count). The summed E-state index contributed by atoms with van der Waals surface area (Å²) in [5.41, 5.74) is 0. The minimum Gasteiger partial charge on any atom is -0.291 e. The quantitative estimate of drug-likeness (QED) is 0.553. The van der Waals surface area contributed by atoms with E-state index in [0.717, 1.165) is 6.42 Å². The molecular formula is C9H20O2S. The minimum atomic E-state index is -1.07. The number of hydrogen-bond acceptors (Lipinski definition) is 2. The predicted molar refractivity (Wildman–Crippen MR) is 53.4 cm³/mol. The van der Waals surface area contributed by atoms with Gasteiger partial charge in [-0.2, -0.15) is 0 Å². The van der Waals surface area contributed by atoms with Crippen LogP contribution in [0, 0.1) is 0 Å². The van der Waals surface area contributed by atoms with E-state index < -0.39 is 11.1 Å². The van der Waals surface area contributed by atoms with Crippen molar-refractivity contribution >= 4 is 11.1 Å². The van der Waals surface area contributed by atoms with Crippen LogP contribution in [0.5, 0.6) is 0 Å². The van der Waals surface area contributed by atoms with E-state index in [1.807, 2.05) is 0 Å². The SMILES string of the molecule is CCCCCCCCOS(C)=O. The van der Waals surface area contributed by atoms with Gasteiger partial charge in [-0.3, -0.25) is 4.18 Å². The summed E-state index contributed by atoms with van der Waals surface area (Å²) in [6, 6.07) is 0. The zero-order valence-electron chi connectivity index (χ0n) is 8.17. The number of unbranched alkanes of at least 4 members (excludes halogenated alkanes) is 5. The van der Waals surface area contributed by atoms with Crippen LogP contribution in [0.4, 0.5) is 0 Å². The van der Waals surface area contributed by atoms with E-state index in [0.29, 0.717) is 6.61 Å². The van der Waals surface area contributed by atoms with Gasteiger partial charge in [0.2, 0.25) is 0 Å². The molecule has 0 saturated heterocycles. The van der Waals surface area contributed by atoms with Gasteiger partial charge in [0, 0.05) is 6.26 Å². The predicted octanol–water partition coefficient (Wildman–Crippen LogP) is 2.66. The Morgan fingerprint density at radius 2 is 1.67 bits per heavy atom. The molecule has 0 spiro atoms. The van der Waals surface area contributed by atoms with Gasteiger partial charge < -0.3 is 0 Å². The standard InChI is InChI=1S/C9H20O2S/c1-3-4-5-6-7-8-9-11-12(2)10/h3-9H2,1-2H3. The van der Waals surface area contributed by atoms with Gasteiger partial charge >= 0.3 is 0 Å². The van der Waals surface area contributed by atoms with Gasteiger partial charge in [-0.05, 0) is 6.42 Å². The molecule has 0 aromatic carbocycles. The molecule has 0 aliphatic carbocycles. The van der Waals surface area contributed by atoms with E-state index in [-0.39, 0.29) is 0 Å². The van der Waals surface area contributed by atoms with Gasteiger partial charge in [-0.1, -0.05) is 39.0 Å². The Balaban J connectivity index is 2.86. The van der Waals surface area contributed by atoms with E-state index in [4.69, 9.17) is 4.18 Å². The lowest BCUT2D eigenvalue weighted by atomic mass is 10.1. The fourth-order valence-corrected chi connectivity index (χ4v) is 1.41. The van der Waals surface area contributed by atoms with Crippen LogP contribution in [0.3, 0.4) is 0 Å². The smallest absolute Gasteiger partial charge is 0.152 e. The molecule has 0 amide bonds. The van der Waals surface area contributed by atoms with E-state index >= 15 is 0 Å². The average molecular weight is 192 g/mol. The van der Waals surface area contributed by atoms with Crippen molar-refractivity contribution in [2.75, 3.05) is 12.9 Å². The zero-order chi connectivity index (χ0) is 9.23. The van der Waals surface area contributed by atoms with Crippen LogP contribution in [0.25, 0.3) is 0 Å². The molecule has 2 nitrogen and oxygen atoms in total. The number of rotatable bonds is 8. The Morgan fingerprint density at radius 3 is 2.25 bits per heavy atom. The summed E-state index contributed by atoms with van der Waals surface area (Å²) in [6.07, 6.45) is 9.05. The van der Waals surface area contributed by atoms with Crippen molar-refractivity contribution in [2.45, 2.75) is 45.4 Å². The van der Waals surface area contributed by atoms with Crippen LogP contribution in [-0.4, -0.2) is 17.1 Å². The Hall–Kier alpha value is 0.110. The lowest BCUT2D eigenvalue weighted by Crippen LogP contribution is -1.96. The summed E-state index contributed by atoms with van der Waals surface area (Å²) in [6.45, 7) is 2.86. The van der Waals surface area contributed by atoms with Gasteiger partial charge in [-0.15, -0.1) is 0 Å². The van der Waals surface area contributed by atoms with Crippen LogP contribution in [0.2, 0.25) is 0 Å². The molecule has 0 saturated carbocycles. The topological polar surface area (TPSA) is 26.3 Å². The third-order valence-corrected chi connectivity index (χ3v) is 2.25. The second-order valence-corrected chi connectivity index (χ2v) is 4.03. The molecule has 0 radical (unpaired) electrons. The van der Waals surface area contributed by atoms with Gasteiger partial charge in [0.15, 0.2) is 11.1 Å². The molecule has 12 heavy (non-hydrogen) atoms. The maximum absolute atomic E-state index is 10.5. The summed E-state index contributed by atoms with van der Waals surface area (Å²) in [5, 5.41) is 0. The summed E-state index contributed by atoms with van der Waals surface area (Å²) in [7, 11) is 0. The molecule has 0 aromatic rings. The Morgan fingerprint density at radius 1 is 1.08 bits per heavy atom. The largest absolute Gasteiger partial charge is 0.291 e. The fourth-order valence-electron chi connectivity index (χ4n) is 1.06. The summed E-state index contributed by atoms with van der Waals surface area (Å²) in [4.78, 5) is 0. The molecule has 3 heteroatoms. The normalized spacial score (nSPS) is 13.2. The van der Waals surface area contributed by atoms with E-state index in [1.54, 1.807) is 6.26 Å². The van der Waals surface area contributed by atoms with E-state index in [9.17, 15) is 4.21 Å². The van der Waals surface area contributed by atoms with Crippen LogP contribution < -0.4 is 0 Å². The van der Waals surface area contributed by atoms with Crippen molar-refractivity contribution in [1.82, 2.24) is 0 Å². The molecular weight excluding hydrogens is 172 g/mol. The summed E-state index contributed by atoms with van der Waals surface area (Å²) in [5.74, 6) is 0. The average Bonchev–Trinajstić information content (AvgIpc) is 2.02. The Labute approximate surface area is 78.4 Å². The van der Waals surface area contributed by atoms with Crippen LogP contribution in [-0.2, 0) is 15.3 Å². The van der Waals surface area contributed by atoms with Crippen molar-refractivity contribution in [3.63, 3.8) is 0 Å². The maximum atomic E-state index is 10.5. The van der Waals surface area contributed by atoms with Gasteiger partial charge in [-0.25, -0.2) is 4.21 Å². The highest BCUT2D eigenvalue weighted by molar-refractivity contribution is 7.79. The van der Waals surface area contributed by atoms with Gasteiger partial charge in [0.25, 0.3) is 0 Å². The zero-order valence-corrected chi connectivity index (χ0v) is 8.99. The second-order valence-electron chi connectivity index (χ2n) is 2.99. The molecule has 0 aromatic heterocycles. The second kappa shape index (κ2) is 9.20. The Kier molecular flexibility index (Phi) is 9.28. The van der Waals surface area contributed by atoms with Crippen LogP contribution >= 0.6 is 0 Å². The first-order chi connectivity index (χ1) is 5.77. The molecule has 0 aliphatic heterocycles. The highest BCUT2D eigenvalue weighted by Gasteiger charge is 1.92. The number of hydrogen-bond donors (Lipinski definition) is 0. The van der Waals surface area contributed by atoms with Crippen molar-refractivity contribution < 1.29 is 8.39 Å². The highest BCUT2D eigenvalue weighted by Crippen LogP contribution is 2.04. The van der Waals surface area contributed by atoms with Crippen molar-refractivity contribution in [3.05, 3.63) is 0 Å². The Bertz CT molecular complexity index is 115. The third-order valence-electron chi connectivity index (χ3n) is 1.75. The molecule has 1 atom stereocenters. The highest BCUT2D eigenvalue weighted by atomic mass is 32.2. The minimum absolute atomic E-state index is 0.648. The van der Waals surface area contributed by atoms with Gasteiger partial charge in [0.1, 0.15) is 0 Å². The van der Waals surface area contributed by atoms with Crippen molar-refractivity contribution in [2.24, 2.45) is 0 Å². The first kappa shape index (κ1) is 12.1. The molecule has 74 valence electrons. The van der Waals surface area contributed by atoms with Crippen molar-refractivity contribution in [3.8, 4) is 0 Å². The lowest BCUT2D eigenvalue weighted by molar-refractivity contribution is 0.334. The third kappa shape index (κ3) is 10.1. The summed E-state index contributed by atoms with van der Waals surface area (Å²) >= 11 is -1.07. The molecule has 0 N–H and O–H groups in total. The maximum Gasteiger partial charge on any atom is 0.152 e. The van der Waals surface area contributed by atoms with Crippen LogP contribution in [0.15, 0.2) is 0 Å². The molecule has 1 unspecified atom stereocenters.